The van der Waals surface area contributed by atoms with Gasteiger partial charge in [-0.2, -0.15) is 0 Å². The average Bonchev–Trinajstić information content (AvgIpc) is 3.43. The van der Waals surface area contributed by atoms with Gasteiger partial charge in [0.15, 0.2) is 5.88 Å². The maximum absolute atomic E-state index is 13.8. The van der Waals surface area contributed by atoms with Gasteiger partial charge in [0.2, 0.25) is 0 Å². The van der Waals surface area contributed by atoms with Crippen LogP contribution in [-0.2, 0) is 18.3 Å². The highest BCUT2D eigenvalue weighted by Crippen LogP contribution is 2.32. The summed E-state index contributed by atoms with van der Waals surface area (Å²) in [5.41, 5.74) is 4.62. The average molecular weight is 483 g/mol. The van der Waals surface area contributed by atoms with E-state index < -0.39 is 11.8 Å². The number of H-pyrrole nitrogens is 1. The van der Waals surface area contributed by atoms with Crippen LogP contribution in [0.3, 0.4) is 0 Å². The highest BCUT2D eigenvalue weighted by atomic mass is 19.1. The van der Waals surface area contributed by atoms with Gasteiger partial charge in [-0.3, -0.25) is 4.79 Å². The van der Waals surface area contributed by atoms with E-state index in [1.54, 1.807) is 12.3 Å². The van der Waals surface area contributed by atoms with Gasteiger partial charge in [0.25, 0.3) is 0 Å². The van der Waals surface area contributed by atoms with Crippen molar-refractivity contribution in [3.63, 3.8) is 0 Å². The van der Waals surface area contributed by atoms with Crippen LogP contribution in [0.2, 0.25) is 0 Å². The zero-order valence-electron chi connectivity index (χ0n) is 19.4. The number of benzene rings is 3. The van der Waals surface area contributed by atoms with Gasteiger partial charge in [-0.15, -0.1) is 0 Å². The number of hydrogen-bond donors (Lipinski definition) is 3. The summed E-state index contributed by atoms with van der Waals surface area (Å²) in [7, 11) is 1.93. The van der Waals surface area contributed by atoms with E-state index >= 15 is 0 Å². The summed E-state index contributed by atoms with van der Waals surface area (Å²) in [6.45, 7) is 0. The van der Waals surface area contributed by atoms with Crippen molar-refractivity contribution in [2.75, 3.05) is 0 Å². The Balaban J connectivity index is 1.60. The quantitative estimate of drug-likeness (QED) is 0.263. The van der Waals surface area contributed by atoms with Crippen LogP contribution in [0.5, 0.6) is 5.88 Å². The van der Waals surface area contributed by atoms with Gasteiger partial charge in [-0.1, -0.05) is 24.3 Å². The lowest BCUT2D eigenvalue weighted by Crippen LogP contribution is -2.04. The van der Waals surface area contributed by atoms with Gasteiger partial charge in [0.1, 0.15) is 11.6 Å². The second-order valence-electron chi connectivity index (χ2n) is 8.50. The number of carboxylic acids is 1. The van der Waals surface area contributed by atoms with E-state index in [-0.39, 0.29) is 12.3 Å². The van der Waals surface area contributed by atoms with Crippen molar-refractivity contribution in [3.05, 3.63) is 102 Å². The van der Waals surface area contributed by atoms with Crippen molar-refractivity contribution in [3.8, 4) is 17.3 Å². The second kappa shape index (κ2) is 9.50. The first-order valence-electron chi connectivity index (χ1n) is 11.4. The number of imidazole rings is 1. The van der Waals surface area contributed by atoms with Crippen molar-refractivity contribution >= 4 is 28.3 Å². The summed E-state index contributed by atoms with van der Waals surface area (Å²) in [5.74, 6) is -0.555. The molecule has 0 aliphatic rings. The second-order valence-corrected chi connectivity index (χ2v) is 8.50. The number of aromatic hydroxyl groups is 1. The van der Waals surface area contributed by atoms with Gasteiger partial charge in [0, 0.05) is 42.4 Å². The van der Waals surface area contributed by atoms with Crippen molar-refractivity contribution in [2.24, 2.45) is 12.0 Å². The van der Waals surface area contributed by atoms with E-state index in [9.17, 15) is 14.3 Å². The lowest BCUT2D eigenvalue weighted by atomic mass is 9.98. The molecule has 0 amide bonds. The van der Waals surface area contributed by atoms with E-state index in [4.69, 9.17) is 10.1 Å². The van der Waals surface area contributed by atoms with Crippen LogP contribution in [0.1, 0.15) is 23.1 Å². The van der Waals surface area contributed by atoms with Gasteiger partial charge in [-0.25, -0.2) is 14.4 Å². The standard InChI is InChI=1S/C28H23FN4O3/c1-33-15-14-30-27(33)19-7-10-21(11-8-19)31-26(18-5-2-17(3-6-18)4-13-24(34)35)25-22-12-9-20(29)16-23(22)32-28(25)36/h2-3,5-12,14-16,32,36H,4,13H2,1H3,(H,34,35). The number of carboxylic acid groups (broad SMARTS) is 1. The zero-order valence-corrected chi connectivity index (χ0v) is 19.4. The fourth-order valence-electron chi connectivity index (χ4n) is 4.20. The number of nitrogens with zero attached hydrogens (tertiary/aromatic N) is 3. The molecule has 8 heteroatoms. The minimum Gasteiger partial charge on any atom is -0.494 e. The van der Waals surface area contributed by atoms with E-state index in [0.29, 0.717) is 34.3 Å². The Labute approximate surface area is 206 Å². The van der Waals surface area contributed by atoms with Gasteiger partial charge >= 0.3 is 5.97 Å². The Morgan fingerprint density at radius 1 is 1.08 bits per heavy atom. The highest BCUT2D eigenvalue weighted by Gasteiger charge is 2.19. The summed E-state index contributed by atoms with van der Waals surface area (Å²) in [5, 5.41) is 20.4. The lowest BCUT2D eigenvalue weighted by molar-refractivity contribution is -0.136. The number of halogens is 1. The molecule has 0 saturated heterocycles. The molecular weight excluding hydrogens is 459 g/mol. The molecule has 0 spiro atoms. The normalized spacial score (nSPS) is 11.8. The maximum Gasteiger partial charge on any atom is 0.303 e. The van der Waals surface area contributed by atoms with E-state index in [1.165, 1.54) is 12.1 Å². The maximum atomic E-state index is 13.8. The molecule has 2 aromatic heterocycles. The molecule has 3 N–H and O–H groups in total. The highest BCUT2D eigenvalue weighted by molar-refractivity contribution is 6.21. The predicted molar refractivity (Wildman–Crippen MR) is 136 cm³/mol. The minimum atomic E-state index is -0.855. The number of hydrogen-bond acceptors (Lipinski definition) is 4. The van der Waals surface area contributed by atoms with Crippen LogP contribution in [0.25, 0.3) is 22.3 Å². The van der Waals surface area contributed by atoms with Crippen LogP contribution in [0, 0.1) is 5.82 Å². The summed E-state index contributed by atoms with van der Waals surface area (Å²) >= 11 is 0. The summed E-state index contributed by atoms with van der Waals surface area (Å²) in [6, 6.07) is 19.3. The van der Waals surface area contributed by atoms with E-state index in [1.807, 2.05) is 66.3 Å². The van der Waals surface area contributed by atoms with Crippen LogP contribution in [0.15, 0.2) is 84.1 Å². The Morgan fingerprint density at radius 2 is 1.83 bits per heavy atom. The molecule has 0 bridgehead atoms. The van der Waals surface area contributed by atoms with Crippen molar-refractivity contribution in [1.82, 2.24) is 14.5 Å². The first kappa shape index (κ1) is 23.0. The molecule has 0 radical (unpaired) electrons. The largest absolute Gasteiger partial charge is 0.494 e. The third-order valence-electron chi connectivity index (χ3n) is 6.02. The van der Waals surface area contributed by atoms with Crippen LogP contribution < -0.4 is 0 Å². The molecule has 36 heavy (non-hydrogen) atoms. The molecule has 0 fully saturated rings. The molecule has 0 atom stereocenters. The van der Waals surface area contributed by atoms with Crippen molar-refractivity contribution in [1.29, 1.82) is 0 Å². The smallest absolute Gasteiger partial charge is 0.303 e. The number of rotatable bonds is 7. The number of aliphatic imine (C=N–C) groups is 1. The summed E-state index contributed by atoms with van der Waals surface area (Å²) < 4.78 is 15.8. The summed E-state index contributed by atoms with van der Waals surface area (Å²) in [6.07, 6.45) is 4.07. The first-order chi connectivity index (χ1) is 17.4. The minimum absolute atomic E-state index is 0.0391. The predicted octanol–water partition coefficient (Wildman–Crippen LogP) is 5.60. The Bertz CT molecular complexity index is 1580. The Morgan fingerprint density at radius 3 is 2.50 bits per heavy atom. The van der Waals surface area contributed by atoms with Crippen LogP contribution in [0.4, 0.5) is 10.1 Å². The van der Waals surface area contributed by atoms with Crippen molar-refractivity contribution < 1.29 is 19.4 Å². The van der Waals surface area contributed by atoms with Gasteiger partial charge in [-0.05, 0) is 54.4 Å². The van der Waals surface area contributed by atoms with E-state index in [0.717, 1.165) is 22.5 Å². The third kappa shape index (κ3) is 4.61. The molecule has 0 unspecified atom stereocenters. The number of aromatic amines is 1. The Kier molecular flexibility index (Phi) is 6.08. The number of nitrogens with one attached hydrogen (secondary N) is 1. The first-order valence-corrected chi connectivity index (χ1v) is 11.4. The third-order valence-corrected chi connectivity index (χ3v) is 6.02. The van der Waals surface area contributed by atoms with Gasteiger partial charge in [0.05, 0.1) is 22.5 Å². The molecule has 0 aliphatic carbocycles. The monoisotopic (exact) mass is 482 g/mol. The van der Waals surface area contributed by atoms with Crippen molar-refractivity contribution in [2.45, 2.75) is 12.8 Å². The molecule has 7 nitrogen and oxygen atoms in total. The molecule has 0 aliphatic heterocycles. The zero-order chi connectivity index (χ0) is 25.2. The molecule has 5 aromatic rings. The Hall–Kier alpha value is -4.72. The molecule has 2 heterocycles. The molecule has 3 aromatic carbocycles. The topological polar surface area (TPSA) is 104 Å². The number of carbonyl (C=O) groups is 1. The van der Waals surface area contributed by atoms with Crippen LogP contribution in [-0.4, -0.2) is 36.4 Å². The number of aromatic nitrogens is 3. The molecule has 5 rings (SSSR count). The number of aryl methyl sites for hydroxylation is 2. The molecular formula is C28H23FN4O3. The number of aliphatic carboxylic acids is 1. The summed E-state index contributed by atoms with van der Waals surface area (Å²) in [4.78, 5) is 23.0. The fraction of sp³-hybridized carbons (Fsp3) is 0.107. The number of fused-ring (bicyclic) bond motifs is 1. The molecule has 0 saturated carbocycles. The van der Waals surface area contributed by atoms with E-state index in [2.05, 4.69) is 9.97 Å². The van der Waals surface area contributed by atoms with Gasteiger partial charge < -0.3 is 19.8 Å². The SMILES string of the molecule is Cn1ccnc1-c1ccc(N=C(c2ccc(CCC(=O)O)cc2)c2c(O)[nH]c3cc(F)ccc23)cc1. The molecule has 180 valence electrons. The lowest BCUT2D eigenvalue weighted by Gasteiger charge is -2.10. The fourth-order valence-corrected chi connectivity index (χ4v) is 4.20. The van der Waals surface area contributed by atoms with Crippen LogP contribution >= 0.6 is 0 Å².